The van der Waals surface area contributed by atoms with Gasteiger partial charge in [0.05, 0.1) is 6.54 Å². The summed E-state index contributed by atoms with van der Waals surface area (Å²) >= 11 is 6.56. The van der Waals surface area contributed by atoms with E-state index >= 15 is 0 Å². The number of aromatic nitrogens is 1. The van der Waals surface area contributed by atoms with Gasteiger partial charge in [0.2, 0.25) is 5.91 Å². The molecule has 2 aromatic rings. The molecule has 9 nitrogen and oxygen atoms in total. The molecule has 10 heteroatoms. The molecule has 0 saturated carbocycles. The molecule has 6 rings (SSSR count). The maximum atomic E-state index is 13.4. The number of likely N-dealkylation sites (N-methyl/N-ethyl adjacent to an activating group) is 1. The Morgan fingerprint density at radius 1 is 1.35 bits per heavy atom. The fourth-order valence-corrected chi connectivity index (χ4v) is 6.20. The summed E-state index contributed by atoms with van der Waals surface area (Å²) in [6.07, 6.45) is 5.18. The van der Waals surface area contributed by atoms with Crippen molar-refractivity contribution >= 4 is 35.6 Å². The number of rotatable bonds is 2. The van der Waals surface area contributed by atoms with Gasteiger partial charge in [0.15, 0.2) is 5.88 Å². The average Bonchev–Trinajstić information content (AvgIpc) is 3.34. The quantitative estimate of drug-likeness (QED) is 0.631. The van der Waals surface area contributed by atoms with Gasteiger partial charge in [-0.25, -0.2) is 9.78 Å². The second kappa shape index (κ2) is 9.06. The van der Waals surface area contributed by atoms with Gasteiger partial charge in [-0.3, -0.25) is 9.79 Å². The number of carbonyl (C=O) groups excluding carboxylic acids is 2. The van der Waals surface area contributed by atoms with Crippen molar-refractivity contribution in [2.75, 3.05) is 25.0 Å². The number of aliphatic imine (C=N–C) groups is 1. The number of carbonyl (C=O) groups is 2. The van der Waals surface area contributed by atoms with Crippen LogP contribution in [0.5, 0.6) is 0 Å². The van der Waals surface area contributed by atoms with Gasteiger partial charge < -0.3 is 25.2 Å². The van der Waals surface area contributed by atoms with Crippen LogP contribution in [0.2, 0.25) is 5.02 Å². The number of benzene rings is 1. The number of ether oxygens (including phenoxy) is 1. The summed E-state index contributed by atoms with van der Waals surface area (Å²) in [5.74, 6) is 1.12. The standard InChI is InChI=1S/C27H29ClN6O3/c1-3-33-15-20-17(11-22(28)19-14-29-13-18(19)20)12-23(25(33)35)32-26(36)34-9-6-27(7-10-34)21-5-4-8-30-24(21)31-16(2)37-27/h4-5,8,11,13,23H,2-3,6-7,9-10,12,14-15H2,1H3,(H,30,31)(H,32,36)/t23-/m0/s1. The van der Waals surface area contributed by atoms with Gasteiger partial charge in [0, 0.05) is 79.6 Å². The molecule has 0 unspecified atom stereocenters. The van der Waals surface area contributed by atoms with Crippen molar-refractivity contribution in [3.8, 4) is 0 Å². The van der Waals surface area contributed by atoms with Gasteiger partial charge in [-0.15, -0.1) is 0 Å². The first-order chi connectivity index (χ1) is 17.9. The molecule has 1 atom stereocenters. The second-order valence-corrected chi connectivity index (χ2v) is 10.4. The number of piperidine rings is 1. The SMILES string of the molecule is C=C1Nc2ncccc2C2(CCN(C(=O)N[C@H]3Cc4cc(Cl)c5c(c4CN(CC)C3=O)C=NC5)CC2)O1. The number of hydrogen-bond donors (Lipinski definition) is 2. The molecule has 192 valence electrons. The van der Waals surface area contributed by atoms with Crippen LogP contribution in [-0.2, 0) is 34.6 Å². The fraction of sp³-hybridized carbons (Fsp3) is 0.407. The summed E-state index contributed by atoms with van der Waals surface area (Å²) in [7, 11) is 0. The third-order valence-electron chi connectivity index (χ3n) is 7.89. The van der Waals surface area contributed by atoms with E-state index in [-0.39, 0.29) is 11.9 Å². The number of anilines is 1. The molecule has 3 amide bonds. The lowest BCUT2D eigenvalue weighted by atomic mass is 9.83. The van der Waals surface area contributed by atoms with Crippen LogP contribution < -0.4 is 10.6 Å². The molecule has 5 heterocycles. The van der Waals surface area contributed by atoms with Crippen molar-refractivity contribution in [1.29, 1.82) is 0 Å². The Morgan fingerprint density at radius 2 is 2.16 bits per heavy atom. The van der Waals surface area contributed by atoms with Crippen LogP contribution in [0, 0.1) is 0 Å². The molecule has 1 aromatic heterocycles. The first-order valence-electron chi connectivity index (χ1n) is 12.7. The van der Waals surface area contributed by atoms with Crippen molar-refractivity contribution in [1.82, 2.24) is 20.1 Å². The highest BCUT2D eigenvalue weighted by Gasteiger charge is 2.44. The highest BCUT2D eigenvalue weighted by atomic mass is 35.5. The van der Waals surface area contributed by atoms with E-state index in [1.54, 1.807) is 16.0 Å². The number of urea groups is 1. The Balaban J connectivity index is 1.20. The van der Waals surface area contributed by atoms with Crippen molar-refractivity contribution in [2.45, 2.75) is 50.9 Å². The molecule has 1 aromatic carbocycles. The molecule has 4 aliphatic rings. The number of amides is 3. The molecule has 1 fully saturated rings. The number of fused-ring (bicyclic) bond motifs is 5. The van der Waals surface area contributed by atoms with Crippen LogP contribution in [-0.4, -0.2) is 58.6 Å². The Morgan fingerprint density at radius 3 is 2.95 bits per heavy atom. The van der Waals surface area contributed by atoms with Crippen LogP contribution in [0.3, 0.4) is 0 Å². The van der Waals surface area contributed by atoms with Crippen molar-refractivity contribution in [3.05, 3.63) is 69.7 Å². The number of nitrogens with zero attached hydrogens (tertiary/aromatic N) is 4. The number of halogens is 1. The molecule has 1 saturated heterocycles. The van der Waals surface area contributed by atoms with Crippen LogP contribution >= 0.6 is 11.6 Å². The van der Waals surface area contributed by atoms with Crippen LogP contribution in [0.4, 0.5) is 10.6 Å². The average molecular weight is 521 g/mol. The van der Waals surface area contributed by atoms with Crippen molar-refractivity contribution in [3.63, 3.8) is 0 Å². The minimum Gasteiger partial charge on any atom is -0.468 e. The molecular formula is C27H29ClN6O3. The highest BCUT2D eigenvalue weighted by Crippen LogP contribution is 2.44. The lowest BCUT2D eigenvalue weighted by Gasteiger charge is -2.45. The predicted molar refractivity (Wildman–Crippen MR) is 140 cm³/mol. The predicted octanol–water partition coefficient (Wildman–Crippen LogP) is 3.55. The maximum Gasteiger partial charge on any atom is 0.318 e. The number of nitrogens with one attached hydrogen (secondary N) is 2. The number of hydrogen-bond acceptors (Lipinski definition) is 6. The summed E-state index contributed by atoms with van der Waals surface area (Å²) in [5.41, 5.74) is 4.48. The second-order valence-electron chi connectivity index (χ2n) is 9.95. The summed E-state index contributed by atoms with van der Waals surface area (Å²) in [6, 6.07) is 4.91. The van der Waals surface area contributed by atoms with E-state index < -0.39 is 11.6 Å². The van der Waals surface area contributed by atoms with E-state index in [0.29, 0.717) is 62.9 Å². The van der Waals surface area contributed by atoms with Gasteiger partial charge in [-0.1, -0.05) is 11.6 Å². The molecule has 2 N–H and O–H groups in total. The van der Waals surface area contributed by atoms with Gasteiger partial charge in [0.25, 0.3) is 0 Å². The topological polar surface area (TPSA) is 99.2 Å². The lowest BCUT2D eigenvalue weighted by molar-refractivity contribution is -0.133. The van der Waals surface area contributed by atoms with Crippen molar-refractivity contribution in [2.24, 2.45) is 4.99 Å². The Kier molecular flexibility index (Phi) is 5.82. The number of pyridine rings is 1. The molecule has 0 aliphatic carbocycles. The Hall–Kier alpha value is -3.59. The van der Waals surface area contributed by atoms with Crippen molar-refractivity contribution < 1.29 is 14.3 Å². The molecule has 0 radical (unpaired) electrons. The maximum absolute atomic E-state index is 13.4. The third kappa shape index (κ3) is 4.01. The van der Waals surface area contributed by atoms with Gasteiger partial charge in [-0.2, -0.15) is 0 Å². The van der Waals surface area contributed by atoms with Crippen LogP contribution in [0.15, 0.2) is 41.9 Å². The lowest BCUT2D eigenvalue weighted by Crippen LogP contribution is -2.55. The Bertz CT molecular complexity index is 1330. The zero-order valence-corrected chi connectivity index (χ0v) is 21.5. The number of likely N-dealkylation sites (tertiary alicyclic amines) is 1. The Labute approximate surface area is 220 Å². The first kappa shape index (κ1) is 23.8. The minimum atomic E-state index is -0.670. The smallest absolute Gasteiger partial charge is 0.318 e. The zero-order valence-electron chi connectivity index (χ0n) is 20.7. The molecule has 4 aliphatic heterocycles. The zero-order chi connectivity index (χ0) is 25.7. The van der Waals surface area contributed by atoms with Crippen LogP contribution in [0.25, 0.3) is 0 Å². The summed E-state index contributed by atoms with van der Waals surface area (Å²) in [5, 5.41) is 6.77. The highest BCUT2D eigenvalue weighted by molar-refractivity contribution is 6.32. The van der Waals surface area contributed by atoms with E-state index in [1.165, 1.54) is 0 Å². The van der Waals surface area contributed by atoms with Crippen LogP contribution in [0.1, 0.15) is 47.6 Å². The monoisotopic (exact) mass is 520 g/mol. The van der Waals surface area contributed by atoms with E-state index in [0.717, 1.165) is 33.6 Å². The largest absolute Gasteiger partial charge is 0.468 e. The van der Waals surface area contributed by atoms with E-state index in [1.807, 2.05) is 31.3 Å². The molecular weight excluding hydrogens is 492 g/mol. The molecule has 1 spiro atoms. The minimum absolute atomic E-state index is 0.0849. The molecule has 0 bridgehead atoms. The van der Waals surface area contributed by atoms with Gasteiger partial charge in [0.1, 0.15) is 17.5 Å². The first-order valence-corrected chi connectivity index (χ1v) is 13.0. The summed E-state index contributed by atoms with van der Waals surface area (Å²) < 4.78 is 6.18. The van der Waals surface area contributed by atoms with Gasteiger partial charge >= 0.3 is 6.03 Å². The van der Waals surface area contributed by atoms with E-state index in [4.69, 9.17) is 16.3 Å². The van der Waals surface area contributed by atoms with E-state index in [2.05, 4.69) is 27.2 Å². The molecule has 37 heavy (non-hydrogen) atoms. The summed E-state index contributed by atoms with van der Waals surface area (Å²) in [4.78, 5) is 39.2. The van der Waals surface area contributed by atoms with Gasteiger partial charge in [-0.05, 0) is 42.8 Å². The normalized spacial score (nSPS) is 21.5. The van der Waals surface area contributed by atoms with E-state index in [9.17, 15) is 9.59 Å². The fourth-order valence-electron chi connectivity index (χ4n) is 5.91. The summed E-state index contributed by atoms with van der Waals surface area (Å²) in [6.45, 7) is 8.46. The third-order valence-corrected chi connectivity index (χ3v) is 8.23.